The number of anilines is 1. The molecule has 0 aliphatic rings. The molecule has 9 heteroatoms. The van der Waals surface area contributed by atoms with E-state index in [0.717, 1.165) is 0 Å². The number of phenols is 1. The molecule has 0 amide bonds. The lowest BCUT2D eigenvalue weighted by Gasteiger charge is -2.00. The summed E-state index contributed by atoms with van der Waals surface area (Å²) in [6, 6.07) is 9.45. The van der Waals surface area contributed by atoms with Gasteiger partial charge in [-0.1, -0.05) is 0 Å². The van der Waals surface area contributed by atoms with E-state index in [2.05, 4.69) is 10.5 Å². The molecule has 0 aromatic heterocycles. The maximum absolute atomic E-state index is 10.7. The number of hydrogen-bond acceptors (Lipinski definition) is 7. The SMILES string of the molecule is O=[N+]([O-])c1ccc(N/N=C\c2ccc(O)c([N+](=O)[O-])c2)cc1. The van der Waals surface area contributed by atoms with Crippen molar-refractivity contribution in [2.75, 3.05) is 5.43 Å². The van der Waals surface area contributed by atoms with Crippen molar-refractivity contribution in [1.82, 2.24) is 0 Å². The summed E-state index contributed by atoms with van der Waals surface area (Å²) in [7, 11) is 0. The van der Waals surface area contributed by atoms with Gasteiger partial charge >= 0.3 is 5.69 Å². The molecule has 9 nitrogen and oxygen atoms in total. The van der Waals surface area contributed by atoms with Gasteiger partial charge in [0, 0.05) is 23.8 Å². The third kappa shape index (κ3) is 3.54. The largest absolute Gasteiger partial charge is 0.502 e. The molecule has 2 N–H and O–H groups in total. The minimum atomic E-state index is -0.698. The highest BCUT2D eigenvalue weighted by Gasteiger charge is 2.12. The predicted octanol–water partition coefficient (Wildman–Crippen LogP) is 2.65. The average molecular weight is 302 g/mol. The summed E-state index contributed by atoms with van der Waals surface area (Å²) < 4.78 is 0. The van der Waals surface area contributed by atoms with E-state index >= 15 is 0 Å². The summed E-state index contributed by atoms with van der Waals surface area (Å²) in [6.45, 7) is 0. The Bertz CT molecular complexity index is 743. The van der Waals surface area contributed by atoms with Gasteiger partial charge in [-0.05, 0) is 24.3 Å². The predicted molar refractivity (Wildman–Crippen MR) is 79.1 cm³/mol. The molecule has 0 heterocycles. The molecule has 0 unspecified atom stereocenters. The van der Waals surface area contributed by atoms with Crippen molar-refractivity contribution in [3.63, 3.8) is 0 Å². The quantitative estimate of drug-likeness (QED) is 0.496. The first kappa shape index (κ1) is 14.9. The van der Waals surface area contributed by atoms with E-state index in [9.17, 15) is 25.3 Å². The van der Waals surface area contributed by atoms with Crippen LogP contribution in [0.1, 0.15) is 5.56 Å². The van der Waals surface area contributed by atoms with Crippen LogP contribution in [0.4, 0.5) is 17.1 Å². The maximum Gasteiger partial charge on any atom is 0.311 e. The molecule has 0 aliphatic carbocycles. The number of aromatic hydroxyl groups is 1. The standard InChI is InChI=1S/C13H10N4O5/c18-13-6-1-9(7-12(13)17(21)22)8-14-15-10-2-4-11(5-3-10)16(19)20/h1-8,15,18H/b14-8-. The third-order valence-electron chi connectivity index (χ3n) is 2.68. The van der Waals surface area contributed by atoms with Gasteiger partial charge in [0.2, 0.25) is 0 Å². The highest BCUT2D eigenvalue weighted by Crippen LogP contribution is 2.25. The molecule has 0 saturated heterocycles. The molecule has 0 atom stereocenters. The Labute approximate surface area is 123 Å². The number of hydrogen-bond donors (Lipinski definition) is 2. The zero-order valence-corrected chi connectivity index (χ0v) is 11.0. The van der Waals surface area contributed by atoms with Crippen molar-refractivity contribution < 1.29 is 15.0 Å². The minimum Gasteiger partial charge on any atom is -0.502 e. The molecule has 2 aromatic carbocycles. The van der Waals surface area contributed by atoms with Crippen LogP contribution >= 0.6 is 0 Å². The lowest BCUT2D eigenvalue weighted by Crippen LogP contribution is -1.94. The number of rotatable bonds is 5. The lowest BCUT2D eigenvalue weighted by atomic mass is 10.2. The second kappa shape index (κ2) is 6.31. The van der Waals surface area contributed by atoms with Gasteiger partial charge in [0.15, 0.2) is 5.75 Å². The molecule has 0 fully saturated rings. The summed E-state index contributed by atoms with van der Waals surface area (Å²) in [5, 5.41) is 34.4. The van der Waals surface area contributed by atoms with E-state index in [-0.39, 0.29) is 5.69 Å². The molecular formula is C13H10N4O5. The molecule has 0 radical (unpaired) electrons. The summed E-state index contributed by atoms with van der Waals surface area (Å²) in [6.07, 6.45) is 1.33. The smallest absolute Gasteiger partial charge is 0.311 e. The van der Waals surface area contributed by atoms with E-state index in [4.69, 9.17) is 0 Å². The molecule has 0 spiro atoms. The van der Waals surface area contributed by atoms with Crippen LogP contribution in [0.3, 0.4) is 0 Å². The number of hydrazone groups is 1. The highest BCUT2D eigenvalue weighted by molar-refractivity contribution is 5.82. The number of nitro benzene ring substituents is 2. The number of nitrogens with one attached hydrogen (secondary N) is 1. The van der Waals surface area contributed by atoms with Crippen LogP contribution in [-0.4, -0.2) is 21.2 Å². The van der Waals surface area contributed by atoms with Crippen LogP contribution in [0, 0.1) is 20.2 Å². The maximum atomic E-state index is 10.7. The van der Waals surface area contributed by atoms with Crippen LogP contribution < -0.4 is 5.43 Å². The van der Waals surface area contributed by atoms with Gasteiger partial charge in [0.25, 0.3) is 5.69 Å². The topological polar surface area (TPSA) is 131 Å². The van der Waals surface area contributed by atoms with E-state index in [0.29, 0.717) is 11.3 Å². The van der Waals surface area contributed by atoms with Crippen LogP contribution in [0.15, 0.2) is 47.6 Å². The van der Waals surface area contributed by atoms with Crippen molar-refractivity contribution in [2.45, 2.75) is 0 Å². The average Bonchev–Trinajstić information content (AvgIpc) is 2.49. The van der Waals surface area contributed by atoms with Crippen LogP contribution in [-0.2, 0) is 0 Å². The fraction of sp³-hybridized carbons (Fsp3) is 0. The van der Waals surface area contributed by atoms with Crippen molar-refractivity contribution >= 4 is 23.3 Å². The van der Waals surface area contributed by atoms with Gasteiger partial charge in [0.05, 0.1) is 21.7 Å². The van der Waals surface area contributed by atoms with Gasteiger partial charge in [-0.15, -0.1) is 0 Å². The molecule has 0 aliphatic heterocycles. The first-order valence-electron chi connectivity index (χ1n) is 5.98. The number of non-ortho nitro benzene ring substituents is 1. The zero-order chi connectivity index (χ0) is 16.1. The van der Waals surface area contributed by atoms with Crippen molar-refractivity contribution in [2.24, 2.45) is 5.10 Å². The number of nitro groups is 2. The van der Waals surface area contributed by atoms with Gasteiger partial charge in [0.1, 0.15) is 0 Å². The van der Waals surface area contributed by atoms with Crippen LogP contribution in [0.25, 0.3) is 0 Å². The Hall–Kier alpha value is -3.49. The molecule has 112 valence electrons. The van der Waals surface area contributed by atoms with E-state index in [1.54, 1.807) is 0 Å². The Morgan fingerprint density at radius 1 is 1.05 bits per heavy atom. The molecular weight excluding hydrogens is 292 g/mol. The Morgan fingerprint density at radius 2 is 1.73 bits per heavy atom. The zero-order valence-electron chi connectivity index (χ0n) is 11.0. The summed E-state index contributed by atoms with van der Waals surface area (Å²) in [5.74, 6) is -0.425. The van der Waals surface area contributed by atoms with Crippen LogP contribution in [0.2, 0.25) is 0 Å². The van der Waals surface area contributed by atoms with Gasteiger partial charge in [-0.3, -0.25) is 25.7 Å². The number of benzene rings is 2. The Balaban J connectivity index is 2.08. The lowest BCUT2D eigenvalue weighted by molar-refractivity contribution is -0.385. The molecule has 0 bridgehead atoms. The van der Waals surface area contributed by atoms with Gasteiger partial charge in [-0.2, -0.15) is 5.10 Å². The van der Waals surface area contributed by atoms with Gasteiger partial charge < -0.3 is 5.11 Å². The normalized spacial score (nSPS) is 10.5. The summed E-state index contributed by atoms with van der Waals surface area (Å²) in [4.78, 5) is 20.0. The van der Waals surface area contributed by atoms with E-state index in [1.165, 1.54) is 48.7 Å². The van der Waals surface area contributed by atoms with E-state index in [1.807, 2.05) is 0 Å². The van der Waals surface area contributed by atoms with Gasteiger partial charge in [-0.25, -0.2) is 0 Å². The minimum absolute atomic E-state index is 0.0383. The van der Waals surface area contributed by atoms with Crippen molar-refractivity contribution in [1.29, 1.82) is 0 Å². The second-order valence-corrected chi connectivity index (χ2v) is 4.18. The van der Waals surface area contributed by atoms with Crippen molar-refractivity contribution in [3.8, 4) is 5.75 Å². The van der Waals surface area contributed by atoms with Crippen molar-refractivity contribution in [3.05, 3.63) is 68.3 Å². The monoisotopic (exact) mass is 302 g/mol. The second-order valence-electron chi connectivity index (χ2n) is 4.18. The molecule has 2 rings (SSSR count). The fourth-order valence-corrected chi connectivity index (χ4v) is 1.61. The van der Waals surface area contributed by atoms with E-state index < -0.39 is 21.3 Å². The molecule has 2 aromatic rings. The molecule has 0 saturated carbocycles. The number of phenolic OH excluding ortho intramolecular Hbond substituents is 1. The Morgan fingerprint density at radius 3 is 2.32 bits per heavy atom. The first-order valence-corrected chi connectivity index (χ1v) is 5.98. The molecule has 22 heavy (non-hydrogen) atoms. The summed E-state index contributed by atoms with van der Waals surface area (Å²) in [5.41, 5.74) is 3.12. The number of nitrogens with zero attached hydrogens (tertiary/aromatic N) is 3. The first-order chi connectivity index (χ1) is 10.5. The van der Waals surface area contributed by atoms with Crippen LogP contribution in [0.5, 0.6) is 5.75 Å². The highest BCUT2D eigenvalue weighted by atomic mass is 16.6. The Kier molecular flexibility index (Phi) is 4.27. The summed E-state index contributed by atoms with van der Waals surface area (Å²) >= 11 is 0. The third-order valence-corrected chi connectivity index (χ3v) is 2.68. The fourth-order valence-electron chi connectivity index (χ4n) is 1.61.